The fourth-order valence-corrected chi connectivity index (χ4v) is 5.47. The Morgan fingerprint density at radius 1 is 1.08 bits per heavy atom. The maximum absolute atomic E-state index is 12.9. The fourth-order valence-electron chi connectivity index (χ4n) is 3.61. The van der Waals surface area contributed by atoms with Crippen molar-refractivity contribution >= 4 is 45.9 Å². The second kappa shape index (κ2) is 13.8. The average molecular weight is 575 g/mol. The second-order valence-corrected chi connectivity index (χ2v) is 9.78. The number of nitrogens with one attached hydrogen (secondary N) is 1. The molecule has 0 spiro atoms. The number of benzene rings is 1. The highest BCUT2D eigenvalue weighted by Gasteiger charge is 2.27. The van der Waals surface area contributed by atoms with Gasteiger partial charge in [-0.2, -0.15) is 0 Å². The van der Waals surface area contributed by atoms with Crippen LogP contribution in [0.25, 0.3) is 11.4 Å². The monoisotopic (exact) mass is 574 g/mol. The number of thiophene rings is 1. The number of carbonyl (C=O) groups excluding carboxylic acids is 3. The maximum Gasteiger partial charge on any atom is 0.348 e. The molecular formula is C26H30N4O7S2. The summed E-state index contributed by atoms with van der Waals surface area (Å²) in [5.74, 6) is 0.0619. The van der Waals surface area contributed by atoms with Gasteiger partial charge in [-0.1, -0.05) is 17.8 Å². The Balaban J connectivity index is 1.82. The topological polar surface area (TPSA) is 131 Å². The zero-order valence-electron chi connectivity index (χ0n) is 22.4. The van der Waals surface area contributed by atoms with Crippen molar-refractivity contribution in [3.8, 4) is 22.9 Å². The lowest BCUT2D eigenvalue weighted by molar-refractivity contribution is -0.113. The largest absolute Gasteiger partial charge is 0.493 e. The number of allylic oxidation sites excluding steroid dienone is 1. The molecule has 1 N–H and O–H groups in total. The average Bonchev–Trinajstić information content (AvgIpc) is 3.47. The van der Waals surface area contributed by atoms with E-state index in [2.05, 4.69) is 22.1 Å². The van der Waals surface area contributed by atoms with Gasteiger partial charge in [0.05, 0.1) is 38.7 Å². The molecule has 0 fully saturated rings. The number of rotatable bonds is 13. The molecule has 3 aromatic rings. The van der Waals surface area contributed by atoms with Crippen LogP contribution in [0, 0.1) is 6.92 Å². The minimum absolute atomic E-state index is 0.0326. The normalized spacial score (nSPS) is 10.6. The number of carbonyl (C=O) groups is 3. The minimum atomic E-state index is -0.630. The van der Waals surface area contributed by atoms with E-state index in [0.29, 0.717) is 34.6 Å². The molecular weight excluding hydrogens is 544 g/mol. The Bertz CT molecular complexity index is 1370. The van der Waals surface area contributed by atoms with Crippen molar-refractivity contribution in [2.24, 2.45) is 0 Å². The van der Waals surface area contributed by atoms with Gasteiger partial charge in [0.25, 0.3) is 0 Å². The predicted molar refractivity (Wildman–Crippen MR) is 149 cm³/mol. The Hall–Kier alpha value is -3.84. The number of hydrogen-bond acceptors (Lipinski definition) is 11. The third-order valence-corrected chi connectivity index (χ3v) is 7.50. The lowest BCUT2D eigenvalue weighted by Crippen LogP contribution is -2.17. The highest BCUT2D eigenvalue weighted by Crippen LogP contribution is 2.35. The number of aromatic nitrogens is 3. The van der Waals surface area contributed by atoms with Crippen molar-refractivity contribution in [2.75, 3.05) is 38.5 Å². The van der Waals surface area contributed by atoms with Gasteiger partial charge in [-0.05, 0) is 44.5 Å². The molecule has 13 heteroatoms. The number of ether oxygens (including phenoxy) is 4. The lowest BCUT2D eigenvalue weighted by Gasteiger charge is -2.11. The van der Waals surface area contributed by atoms with Crippen LogP contribution in [0.3, 0.4) is 0 Å². The summed E-state index contributed by atoms with van der Waals surface area (Å²) in [5, 5.41) is 12.0. The molecule has 1 amide bonds. The first-order valence-electron chi connectivity index (χ1n) is 12.0. The minimum Gasteiger partial charge on any atom is -0.493 e. The van der Waals surface area contributed by atoms with Gasteiger partial charge >= 0.3 is 11.9 Å². The van der Waals surface area contributed by atoms with E-state index in [-0.39, 0.29) is 34.4 Å². The van der Waals surface area contributed by atoms with E-state index in [1.165, 1.54) is 11.8 Å². The van der Waals surface area contributed by atoms with Crippen LogP contribution in [0.1, 0.15) is 39.4 Å². The lowest BCUT2D eigenvalue weighted by atomic mass is 10.1. The Morgan fingerprint density at radius 3 is 2.41 bits per heavy atom. The predicted octanol–water partition coefficient (Wildman–Crippen LogP) is 4.60. The second-order valence-electron chi connectivity index (χ2n) is 7.81. The summed E-state index contributed by atoms with van der Waals surface area (Å²) in [6.45, 7) is 9.53. The molecule has 0 aliphatic carbocycles. The number of methoxy groups -OCH3 is 2. The third-order valence-electron chi connectivity index (χ3n) is 5.34. The number of thioether (sulfide) groups is 1. The molecule has 0 aliphatic heterocycles. The van der Waals surface area contributed by atoms with Gasteiger partial charge in [0.1, 0.15) is 9.88 Å². The summed E-state index contributed by atoms with van der Waals surface area (Å²) in [5.41, 5.74) is 1.27. The van der Waals surface area contributed by atoms with E-state index in [4.69, 9.17) is 18.9 Å². The molecule has 0 unspecified atom stereocenters. The van der Waals surface area contributed by atoms with Crippen LogP contribution in [-0.4, -0.2) is 65.8 Å². The van der Waals surface area contributed by atoms with Crippen molar-refractivity contribution in [1.29, 1.82) is 0 Å². The molecule has 0 aliphatic rings. The van der Waals surface area contributed by atoms with Crippen LogP contribution in [0.4, 0.5) is 5.00 Å². The first kappa shape index (κ1) is 29.7. The van der Waals surface area contributed by atoms with Crippen LogP contribution in [0.5, 0.6) is 11.5 Å². The van der Waals surface area contributed by atoms with Gasteiger partial charge in [-0.25, -0.2) is 9.59 Å². The van der Waals surface area contributed by atoms with E-state index in [1.807, 2.05) is 10.6 Å². The van der Waals surface area contributed by atoms with Crippen molar-refractivity contribution in [3.63, 3.8) is 0 Å². The van der Waals surface area contributed by atoms with E-state index in [1.54, 1.807) is 53.2 Å². The first-order chi connectivity index (χ1) is 18.8. The van der Waals surface area contributed by atoms with Gasteiger partial charge in [-0.3, -0.25) is 9.36 Å². The summed E-state index contributed by atoms with van der Waals surface area (Å²) in [7, 11) is 3.11. The van der Waals surface area contributed by atoms with Crippen LogP contribution < -0.4 is 14.8 Å². The van der Waals surface area contributed by atoms with Gasteiger partial charge in [0.2, 0.25) is 5.91 Å². The highest BCUT2D eigenvalue weighted by atomic mass is 32.2. The van der Waals surface area contributed by atoms with Crippen molar-refractivity contribution in [1.82, 2.24) is 14.8 Å². The van der Waals surface area contributed by atoms with E-state index >= 15 is 0 Å². The molecule has 0 atom stereocenters. The highest BCUT2D eigenvalue weighted by molar-refractivity contribution is 7.99. The molecule has 1 aromatic carbocycles. The number of esters is 2. The van der Waals surface area contributed by atoms with Crippen molar-refractivity contribution in [3.05, 3.63) is 46.9 Å². The smallest absolute Gasteiger partial charge is 0.348 e. The molecule has 11 nitrogen and oxygen atoms in total. The van der Waals surface area contributed by atoms with Gasteiger partial charge in [0.15, 0.2) is 22.5 Å². The summed E-state index contributed by atoms with van der Waals surface area (Å²) in [6, 6.07) is 5.40. The first-order valence-corrected chi connectivity index (χ1v) is 13.8. The summed E-state index contributed by atoms with van der Waals surface area (Å²) >= 11 is 2.14. The summed E-state index contributed by atoms with van der Waals surface area (Å²) in [6.07, 6.45) is 1.70. The Morgan fingerprint density at radius 2 is 1.77 bits per heavy atom. The number of nitrogens with zero attached hydrogens (tertiary/aromatic N) is 3. The standard InChI is InChI=1S/C26H30N4O7S2/c1-7-12-30-22(16-10-11-17(34-5)18(13-16)35-6)28-29-26(30)38-14-19(31)27-23-20(24(32)36-8-2)15(4)21(39-23)25(33)37-9-3/h7,10-11,13H,1,8-9,12,14H2,2-6H3,(H,27,31). The van der Waals surface area contributed by atoms with Crippen molar-refractivity contribution < 1.29 is 33.3 Å². The molecule has 2 aromatic heterocycles. The van der Waals surface area contributed by atoms with Crippen LogP contribution in [-0.2, 0) is 20.8 Å². The molecule has 3 rings (SSSR count). The van der Waals surface area contributed by atoms with Gasteiger partial charge in [0, 0.05) is 12.1 Å². The quantitative estimate of drug-likeness (QED) is 0.175. The molecule has 39 heavy (non-hydrogen) atoms. The molecule has 0 radical (unpaired) electrons. The fraction of sp³-hybridized carbons (Fsp3) is 0.346. The molecule has 0 bridgehead atoms. The molecule has 208 valence electrons. The van der Waals surface area contributed by atoms with Gasteiger partial charge in [-0.15, -0.1) is 28.1 Å². The molecule has 0 saturated heterocycles. The maximum atomic E-state index is 12.9. The van der Waals surface area contributed by atoms with Crippen LogP contribution in [0.15, 0.2) is 36.0 Å². The number of anilines is 1. The third kappa shape index (κ3) is 6.79. The van der Waals surface area contributed by atoms with Crippen LogP contribution >= 0.6 is 23.1 Å². The number of hydrogen-bond donors (Lipinski definition) is 1. The molecule has 0 saturated carbocycles. The zero-order chi connectivity index (χ0) is 28.5. The summed E-state index contributed by atoms with van der Waals surface area (Å²) < 4.78 is 22.8. The van der Waals surface area contributed by atoms with Gasteiger partial charge < -0.3 is 24.3 Å². The van der Waals surface area contributed by atoms with E-state index in [0.717, 1.165) is 16.9 Å². The van der Waals surface area contributed by atoms with Crippen LogP contribution in [0.2, 0.25) is 0 Å². The zero-order valence-corrected chi connectivity index (χ0v) is 24.0. The number of amides is 1. The molecule has 2 heterocycles. The Kier molecular flexibility index (Phi) is 10.5. The SMILES string of the molecule is C=CCn1c(SCC(=O)Nc2sc(C(=O)OCC)c(C)c2C(=O)OCC)nnc1-c1ccc(OC)c(OC)c1. The van der Waals surface area contributed by atoms with Crippen molar-refractivity contribution in [2.45, 2.75) is 32.5 Å². The Labute approximate surface area is 234 Å². The summed E-state index contributed by atoms with van der Waals surface area (Å²) in [4.78, 5) is 38.2. The van der Waals surface area contributed by atoms with E-state index < -0.39 is 17.8 Å². The van der Waals surface area contributed by atoms with E-state index in [9.17, 15) is 14.4 Å².